The van der Waals surface area contributed by atoms with Crippen molar-refractivity contribution in [1.29, 1.82) is 0 Å². The molecule has 0 radical (unpaired) electrons. The van der Waals surface area contributed by atoms with Crippen LogP contribution in [0.5, 0.6) is 0 Å². The molecule has 2 rings (SSSR count). The molecule has 21 heavy (non-hydrogen) atoms. The van der Waals surface area contributed by atoms with Gasteiger partial charge in [0, 0.05) is 33.9 Å². The van der Waals surface area contributed by atoms with Crippen LogP contribution in [-0.2, 0) is 9.05 Å². The first-order valence-corrected chi connectivity index (χ1v) is 9.43. The number of benzene rings is 1. The highest BCUT2D eigenvalue weighted by Gasteiger charge is 2.28. The summed E-state index contributed by atoms with van der Waals surface area (Å²) in [5.74, 6) is 0.221. The molecule has 1 aliphatic heterocycles. The van der Waals surface area contributed by atoms with Crippen molar-refractivity contribution in [2.75, 3.05) is 6.54 Å². The zero-order chi connectivity index (χ0) is 15.8. The molecule has 0 spiro atoms. The number of carbonyl (C=O) groups is 1. The van der Waals surface area contributed by atoms with Gasteiger partial charge in [0.05, 0.1) is 4.90 Å². The lowest BCUT2D eigenvalue weighted by atomic mass is 9.94. The number of carbonyl (C=O) groups excluding carboxylic acids is 1. The summed E-state index contributed by atoms with van der Waals surface area (Å²) in [6.07, 6.45) is 2.02. The van der Waals surface area contributed by atoms with Gasteiger partial charge in [-0.3, -0.25) is 4.79 Å². The molecular weight excluding hydrogens is 333 g/mol. The second-order valence-electron chi connectivity index (χ2n) is 5.60. The third kappa shape index (κ3) is 3.90. The molecule has 0 aliphatic carbocycles. The van der Waals surface area contributed by atoms with Gasteiger partial charge in [-0.2, -0.15) is 0 Å². The van der Waals surface area contributed by atoms with Crippen LogP contribution in [-0.4, -0.2) is 31.8 Å². The highest BCUT2D eigenvalue weighted by Crippen LogP contribution is 2.26. The van der Waals surface area contributed by atoms with E-state index in [1.54, 1.807) is 4.90 Å². The number of nitrogens with zero attached hydrogens (tertiary/aromatic N) is 1. The van der Waals surface area contributed by atoms with Crippen molar-refractivity contribution in [2.45, 2.75) is 37.6 Å². The molecule has 2 unspecified atom stereocenters. The maximum atomic E-state index is 12.6. The summed E-state index contributed by atoms with van der Waals surface area (Å²) in [5.41, 5.74) is 0.252. The Balaban J connectivity index is 2.37. The second kappa shape index (κ2) is 6.15. The number of amides is 1. The standard InChI is InChI=1S/C14H17Cl2NO3S/c1-9-3-4-10(2)17(8-9)14(18)11-5-12(15)7-13(6-11)21(16,19)20/h5-7,9-10H,3-4,8H2,1-2H3. The Labute approximate surface area is 134 Å². The van der Waals surface area contributed by atoms with Gasteiger partial charge in [0.2, 0.25) is 0 Å². The molecule has 1 aliphatic rings. The van der Waals surface area contributed by atoms with Crippen LogP contribution in [0.3, 0.4) is 0 Å². The van der Waals surface area contributed by atoms with Gasteiger partial charge < -0.3 is 4.90 Å². The normalized spacial score (nSPS) is 23.1. The van der Waals surface area contributed by atoms with Gasteiger partial charge in [0.1, 0.15) is 0 Å². The van der Waals surface area contributed by atoms with Gasteiger partial charge >= 0.3 is 0 Å². The largest absolute Gasteiger partial charge is 0.336 e. The van der Waals surface area contributed by atoms with Gasteiger partial charge in [-0.05, 0) is 43.9 Å². The summed E-state index contributed by atoms with van der Waals surface area (Å²) in [7, 11) is 1.41. The van der Waals surface area contributed by atoms with E-state index < -0.39 is 9.05 Å². The first kappa shape index (κ1) is 16.6. The fourth-order valence-electron chi connectivity index (χ4n) is 2.56. The highest BCUT2D eigenvalue weighted by molar-refractivity contribution is 8.13. The molecule has 0 N–H and O–H groups in total. The smallest absolute Gasteiger partial charge is 0.261 e. The van der Waals surface area contributed by atoms with E-state index in [9.17, 15) is 13.2 Å². The molecule has 0 aromatic heterocycles. The van der Waals surface area contributed by atoms with Gasteiger partial charge in [-0.25, -0.2) is 8.42 Å². The fourth-order valence-corrected chi connectivity index (χ4v) is 3.67. The number of rotatable bonds is 2. The highest BCUT2D eigenvalue weighted by atomic mass is 35.7. The Kier molecular flexibility index (Phi) is 4.85. The van der Waals surface area contributed by atoms with E-state index in [1.807, 2.05) is 6.92 Å². The zero-order valence-corrected chi connectivity index (χ0v) is 14.2. The minimum Gasteiger partial charge on any atom is -0.336 e. The van der Waals surface area contributed by atoms with Gasteiger partial charge in [-0.15, -0.1) is 0 Å². The Morgan fingerprint density at radius 2 is 1.90 bits per heavy atom. The number of likely N-dealkylation sites (tertiary alicyclic amines) is 1. The Hall–Kier alpha value is -0.780. The van der Waals surface area contributed by atoms with Crippen LogP contribution >= 0.6 is 22.3 Å². The Morgan fingerprint density at radius 1 is 1.24 bits per heavy atom. The van der Waals surface area contributed by atoms with Crippen molar-refractivity contribution in [2.24, 2.45) is 5.92 Å². The van der Waals surface area contributed by atoms with Crippen LogP contribution < -0.4 is 0 Å². The third-order valence-corrected chi connectivity index (χ3v) is 5.33. The summed E-state index contributed by atoms with van der Waals surface area (Å²) >= 11 is 5.91. The van der Waals surface area contributed by atoms with Crippen molar-refractivity contribution >= 4 is 37.2 Å². The Bertz CT molecular complexity index is 660. The monoisotopic (exact) mass is 349 g/mol. The molecule has 2 atom stereocenters. The van der Waals surface area contributed by atoms with Gasteiger partial charge in [0.15, 0.2) is 0 Å². The van der Waals surface area contributed by atoms with Crippen LogP contribution in [0, 0.1) is 5.92 Å². The maximum Gasteiger partial charge on any atom is 0.261 e. The van der Waals surface area contributed by atoms with Crippen LogP contribution in [0.4, 0.5) is 0 Å². The lowest BCUT2D eigenvalue weighted by Gasteiger charge is -2.37. The topological polar surface area (TPSA) is 54.5 Å². The number of piperidine rings is 1. The van der Waals surface area contributed by atoms with Crippen molar-refractivity contribution < 1.29 is 13.2 Å². The number of hydrogen-bond donors (Lipinski definition) is 0. The SMILES string of the molecule is CC1CCC(C)N(C(=O)c2cc(Cl)cc(S(=O)(=O)Cl)c2)C1. The predicted molar refractivity (Wildman–Crippen MR) is 83.4 cm³/mol. The van der Waals surface area contributed by atoms with E-state index in [0.29, 0.717) is 12.5 Å². The maximum absolute atomic E-state index is 12.6. The first-order chi connectivity index (χ1) is 9.68. The minimum atomic E-state index is -3.92. The van der Waals surface area contributed by atoms with E-state index in [2.05, 4.69) is 6.92 Å². The summed E-state index contributed by atoms with van der Waals surface area (Å²) in [4.78, 5) is 14.2. The lowest BCUT2D eigenvalue weighted by molar-refractivity contribution is 0.0574. The lowest BCUT2D eigenvalue weighted by Crippen LogP contribution is -2.44. The first-order valence-electron chi connectivity index (χ1n) is 6.74. The summed E-state index contributed by atoms with van der Waals surface area (Å²) in [6.45, 7) is 4.75. The summed E-state index contributed by atoms with van der Waals surface area (Å²) in [5, 5.41) is 0.179. The molecule has 1 heterocycles. The number of hydrogen-bond acceptors (Lipinski definition) is 3. The van der Waals surface area contributed by atoms with Crippen LogP contribution in [0.2, 0.25) is 5.02 Å². The Morgan fingerprint density at radius 3 is 2.52 bits per heavy atom. The predicted octanol–water partition coefficient (Wildman–Crippen LogP) is 3.53. The van der Waals surface area contributed by atoms with Crippen LogP contribution in [0.25, 0.3) is 0 Å². The second-order valence-corrected chi connectivity index (χ2v) is 8.60. The van der Waals surface area contributed by atoms with E-state index >= 15 is 0 Å². The molecule has 0 bridgehead atoms. The third-order valence-electron chi connectivity index (χ3n) is 3.78. The quantitative estimate of drug-likeness (QED) is 0.767. The summed E-state index contributed by atoms with van der Waals surface area (Å²) in [6, 6.07) is 4.12. The molecule has 1 aromatic carbocycles. The molecule has 1 fully saturated rings. The van der Waals surface area contributed by atoms with Gasteiger partial charge in [-0.1, -0.05) is 18.5 Å². The van der Waals surface area contributed by atoms with Gasteiger partial charge in [0.25, 0.3) is 15.0 Å². The van der Waals surface area contributed by atoms with Crippen LogP contribution in [0.15, 0.2) is 23.1 Å². The molecule has 1 aromatic rings. The van der Waals surface area contributed by atoms with Crippen LogP contribution in [0.1, 0.15) is 37.0 Å². The fraction of sp³-hybridized carbons (Fsp3) is 0.500. The molecular formula is C14H17Cl2NO3S. The average molecular weight is 350 g/mol. The average Bonchev–Trinajstić information content (AvgIpc) is 2.39. The van der Waals surface area contributed by atoms with E-state index in [1.165, 1.54) is 18.2 Å². The molecule has 1 saturated heterocycles. The molecule has 1 amide bonds. The number of halogens is 2. The van der Waals surface area contributed by atoms with Crippen molar-refractivity contribution in [3.63, 3.8) is 0 Å². The van der Waals surface area contributed by atoms with E-state index in [0.717, 1.165) is 12.8 Å². The zero-order valence-electron chi connectivity index (χ0n) is 11.8. The molecule has 0 saturated carbocycles. The molecule has 116 valence electrons. The molecule has 7 heteroatoms. The minimum absolute atomic E-state index is 0.128. The van der Waals surface area contributed by atoms with Crippen molar-refractivity contribution in [1.82, 2.24) is 4.90 Å². The molecule has 4 nitrogen and oxygen atoms in total. The van der Waals surface area contributed by atoms with Crippen molar-refractivity contribution in [3.8, 4) is 0 Å². The van der Waals surface area contributed by atoms with E-state index in [-0.39, 0.29) is 27.4 Å². The summed E-state index contributed by atoms with van der Waals surface area (Å²) < 4.78 is 22.9. The van der Waals surface area contributed by atoms with Crippen molar-refractivity contribution in [3.05, 3.63) is 28.8 Å². The van der Waals surface area contributed by atoms with E-state index in [4.69, 9.17) is 22.3 Å².